The normalized spacial score (nSPS) is 16.8. The van der Waals surface area contributed by atoms with Gasteiger partial charge >= 0.3 is 0 Å². The number of nitriles is 1. The maximum Gasteiger partial charge on any atom is 0.159 e. The third-order valence-electron chi connectivity index (χ3n) is 6.89. The molecule has 162 valence electrons. The number of aliphatic hydroxyl groups excluding tert-OH is 1. The minimum atomic E-state index is -0.212. The van der Waals surface area contributed by atoms with E-state index in [0.717, 1.165) is 44.6 Å². The Morgan fingerprint density at radius 1 is 1.12 bits per heavy atom. The van der Waals surface area contributed by atoms with E-state index in [2.05, 4.69) is 34.1 Å². The number of hydrogen-bond donors (Lipinski definition) is 1. The summed E-state index contributed by atoms with van der Waals surface area (Å²) >= 11 is 6.38. The minimum absolute atomic E-state index is 0.152. The Morgan fingerprint density at radius 2 is 1.81 bits per heavy atom. The molecule has 5 rings (SSSR count). The molecule has 7 heteroatoms. The summed E-state index contributed by atoms with van der Waals surface area (Å²) in [5.74, 6) is 0.741. The van der Waals surface area contributed by atoms with Crippen molar-refractivity contribution < 1.29 is 5.11 Å². The Labute approximate surface area is 192 Å². The van der Waals surface area contributed by atoms with Crippen LogP contribution in [0.1, 0.15) is 41.1 Å². The molecule has 1 spiro atoms. The first-order valence-corrected chi connectivity index (χ1v) is 11.3. The molecule has 2 aromatic heterocycles. The van der Waals surface area contributed by atoms with E-state index >= 15 is 0 Å². The van der Waals surface area contributed by atoms with Gasteiger partial charge in [0, 0.05) is 24.8 Å². The van der Waals surface area contributed by atoms with Gasteiger partial charge in [-0.1, -0.05) is 35.9 Å². The Balaban J connectivity index is 1.41. The number of pyridine rings is 1. The van der Waals surface area contributed by atoms with Crippen LogP contribution < -0.4 is 4.90 Å². The van der Waals surface area contributed by atoms with Crippen LogP contribution in [0.15, 0.2) is 36.5 Å². The molecule has 1 N–H and O–H groups in total. The summed E-state index contributed by atoms with van der Waals surface area (Å²) in [4.78, 5) is 15.8. The third kappa shape index (κ3) is 3.52. The molecular formula is C25H24ClN5O. The lowest BCUT2D eigenvalue weighted by molar-refractivity contribution is 0.231. The van der Waals surface area contributed by atoms with Gasteiger partial charge in [0.25, 0.3) is 0 Å². The zero-order chi connectivity index (χ0) is 22.3. The molecule has 3 heterocycles. The summed E-state index contributed by atoms with van der Waals surface area (Å²) in [6.45, 7) is 3.46. The number of fused-ring (bicyclic) bond motifs is 1. The molecule has 0 unspecified atom stereocenters. The van der Waals surface area contributed by atoms with Crippen molar-refractivity contribution in [3.63, 3.8) is 0 Å². The van der Waals surface area contributed by atoms with Crippen molar-refractivity contribution in [2.24, 2.45) is 5.41 Å². The summed E-state index contributed by atoms with van der Waals surface area (Å²) < 4.78 is 0. The second-order valence-corrected chi connectivity index (χ2v) is 9.21. The average Bonchev–Trinajstić information content (AvgIpc) is 3.17. The predicted molar refractivity (Wildman–Crippen MR) is 123 cm³/mol. The van der Waals surface area contributed by atoms with Crippen LogP contribution in [0, 0.1) is 23.7 Å². The fraction of sp³-hybridized carbons (Fsp3) is 0.360. The number of aliphatic hydroxyl groups is 1. The molecule has 6 nitrogen and oxygen atoms in total. The van der Waals surface area contributed by atoms with E-state index < -0.39 is 0 Å². The van der Waals surface area contributed by atoms with Crippen molar-refractivity contribution in [3.05, 3.63) is 69.8 Å². The minimum Gasteiger partial charge on any atom is -0.390 e. The maximum absolute atomic E-state index is 10.1. The van der Waals surface area contributed by atoms with Crippen LogP contribution in [0.3, 0.4) is 0 Å². The van der Waals surface area contributed by atoms with Crippen LogP contribution in [0.2, 0.25) is 5.02 Å². The average molecular weight is 446 g/mol. The number of benzene rings is 1. The van der Waals surface area contributed by atoms with Crippen molar-refractivity contribution in [2.75, 3.05) is 18.0 Å². The SMILES string of the molecule is Cc1nc(N2CCC3(CC2)Cc2ccccc2C3)c(CO)nc1-c1ccnc(C#N)c1Cl. The van der Waals surface area contributed by atoms with E-state index in [1.54, 1.807) is 6.07 Å². The number of aryl methyl sites for hydroxylation is 1. The summed E-state index contributed by atoms with van der Waals surface area (Å²) in [6, 6.07) is 12.5. The van der Waals surface area contributed by atoms with Gasteiger partial charge in [-0.3, -0.25) is 0 Å². The van der Waals surface area contributed by atoms with E-state index in [9.17, 15) is 10.4 Å². The number of piperidine rings is 1. The molecule has 0 atom stereocenters. The van der Waals surface area contributed by atoms with Crippen molar-refractivity contribution in [1.29, 1.82) is 5.26 Å². The van der Waals surface area contributed by atoms with Gasteiger partial charge in [-0.15, -0.1) is 0 Å². The Bertz CT molecular complexity index is 1200. The van der Waals surface area contributed by atoms with Crippen LogP contribution in [0.5, 0.6) is 0 Å². The number of halogens is 1. The largest absolute Gasteiger partial charge is 0.390 e. The third-order valence-corrected chi connectivity index (χ3v) is 7.28. The second-order valence-electron chi connectivity index (χ2n) is 8.83. The smallest absolute Gasteiger partial charge is 0.159 e. The molecule has 1 fully saturated rings. The lowest BCUT2D eigenvalue weighted by atomic mass is 9.76. The highest BCUT2D eigenvalue weighted by Crippen LogP contribution is 2.45. The quantitative estimate of drug-likeness (QED) is 0.648. The van der Waals surface area contributed by atoms with Crippen LogP contribution in [0.4, 0.5) is 5.82 Å². The molecule has 32 heavy (non-hydrogen) atoms. The number of hydrogen-bond acceptors (Lipinski definition) is 6. The fourth-order valence-corrected chi connectivity index (χ4v) is 5.42. The van der Waals surface area contributed by atoms with Gasteiger partial charge in [0.1, 0.15) is 11.8 Å². The van der Waals surface area contributed by atoms with E-state index in [1.165, 1.54) is 17.3 Å². The molecule has 3 aromatic rings. The van der Waals surface area contributed by atoms with Gasteiger partial charge in [0.15, 0.2) is 11.5 Å². The molecule has 0 saturated carbocycles. The monoisotopic (exact) mass is 445 g/mol. The molecule has 1 aliphatic heterocycles. The second kappa shape index (κ2) is 8.16. The topological polar surface area (TPSA) is 85.9 Å². The number of aromatic nitrogens is 3. The Morgan fingerprint density at radius 3 is 2.44 bits per heavy atom. The first-order valence-electron chi connectivity index (χ1n) is 10.9. The zero-order valence-corrected chi connectivity index (χ0v) is 18.7. The van der Waals surface area contributed by atoms with E-state index in [1.807, 2.05) is 13.0 Å². The van der Waals surface area contributed by atoms with Crippen LogP contribution in [0.25, 0.3) is 11.3 Å². The van der Waals surface area contributed by atoms with Crippen LogP contribution in [-0.2, 0) is 19.4 Å². The summed E-state index contributed by atoms with van der Waals surface area (Å²) in [5.41, 5.74) is 5.88. The Hall–Kier alpha value is -3.01. The molecule has 0 bridgehead atoms. The molecular weight excluding hydrogens is 422 g/mol. The summed E-state index contributed by atoms with van der Waals surface area (Å²) in [5, 5.41) is 19.6. The number of rotatable bonds is 3. The Kier molecular flexibility index (Phi) is 5.32. The lowest BCUT2D eigenvalue weighted by Crippen LogP contribution is -2.41. The molecule has 0 radical (unpaired) electrons. The van der Waals surface area contributed by atoms with E-state index in [0.29, 0.717) is 28.1 Å². The van der Waals surface area contributed by atoms with Gasteiger partial charge in [-0.2, -0.15) is 5.26 Å². The van der Waals surface area contributed by atoms with Gasteiger partial charge in [-0.25, -0.2) is 15.0 Å². The van der Waals surface area contributed by atoms with Crippen LogP contribution >= 0.6 is 11.6 Å². The highest BCUT2D eigenvalue weighted by molar-refractivity contribution is 6.34. The summed E-state index contributed by atoms with van der Waals surface area (Å²) in [7, 11) is 0. The fourth-order valence-electron chi connectivity index (χ4n) is 5.18. The van der Waals surface area contributed by atoms with Crippen molar-refractivity contribution >= 4 is 17.4 Å². The van der Waals surface area contributed by atoms with Crippen molar-refractivity contribution in [3.8, 4) is 17.3 Å². The predicted octanol–water partition coefficient (Wildman–Crippen LogP) is 4.25. The summed E-state index contributed by atoms with van der Waals surface area (Å²) in [6.07, 6.45) is 6.02. The highest BCUT2D eigenvalue weighted by Gasteiger charge is 2.40. The zero-order valence-electron chi connectivity index (χ0n) is 18.0. The number of nitrogens with zero attached hydrogens (tertiary/aromatic N) is 5. The first-order chi connectivity index (χ1) is 15.5. The van der Waals surface area contributed by atoms with E-state index in [-0.39, 0.29) is 17.3 Å². The highest BCUT2D eigenvalue weighted by atomic mass is 35.5. The van der Waals surface area contributed by atoms with Gasteiger partial charge in [0.2, 0.25) is 0 Å². The lowest BCUT2D eigenvalue weighted by Gasteiger charge is -2.40. The van der Waals surface area contributed by atoms with Gasteiger partial charge in [0.05, 0.1) is 23.0 Å². The molecule has 1 saturated heterocycles. The maximum atomic E-state index is 10.1. The first kappa shape index (κ1) is 20.9. The van der Waals surface area contributed by atoms with E-state index in [4.69, 9.17) is 21.6 Å². The standard InChI is InChI=1S/C25H24ClN5O/c1-16-23(19-6-9-28-20(14-27)22(19)26)30-21(15-32)24(29-16)31-10-7-25(8-11-31)12-17-4-2-3-5-18(17)13-25/h2-6,9,32H,7-8,10-13,15H2,1H3. The number of anilines is 1. The van der Waals surface area contributed by atoms with Crippen molar-refractivity contribution in [2.45, 2.75) is 39.2 Å². The van der Waals surface area contributed by atoms with Crippen molar-refractivity contribution in [1.82, 2.24) is 15.0 Å². The molecule has 2 aliphatic rings. The molecule has 1 aliphatic carbocycles. The van der Waals surface area contributed by atoms with Crippen LogP contribution in [-0.4, -0.2) is 33.1 Å². The van der Waals surface area contributed by atoms with Gasteiger partial charge < -0.3 is 10.0 Å². The molecule has 0 amide bonds. The molecule has 1 aromatic carbocycles. The van der Waals surface area contributed by atoms with Gasteiger partial charge in [-0.05, 0) is 55.2 Å².